The lowest BCUT2D eigenvalue weighted by Gasteiger charge is -2.65. The number of fused-ring (bicyclic) bond motifs is 6. The monoisotopic (exact) mass is 584 g/mol. The quantitative estimate of drug-likeness (QED) is 0.329. The van der Waals surface area contributed by atoms with Crippen molar-refractivity contribution in [3.8, 4) is 0 Å². The Morgan fingerprint density at radius 1 is 0.295 bits per heavy atom. The van der Waals surface area contributed by atoms with Crippen LogP contribution < -0.4 is 0 Å². The molecule has 0 aliphatic heterocycles. The number of hydrogen-bond acceptors (Lipinski definition) is 0. The second kappa shape index (κ2) is 9.97. The van der Waals surface area contributed by atoms with E-state index < -0.39 is 0 Å². The summed E-state index contributed by atoms with van der Waals surface area (Å²) in [5, 5.41) is 0. The summed E-state index contributed by atoms with van der Waals surface area (Å²) in [6.07, 6.45) is 22.0. The van der Waals surface area contributed by atoms with Gasteiger partial charge in [-0.3, -0.25) is 0 Å². The molecule has 0 amide bonds. The first-order valence-corrected chi connectivity index (χ1v) is 20.0. The lowest BCUT2D eigenvalue weighted by atomic mass is 9.40. The smallest absolute Gasteiger partial charge is 0.00967 e. The molecule has 232 valence electrons. The number of benzene rings is 2. The summed E-state index contributed by atoms with van der Waals surface area (Å²) in [6, 6.07) is 24.4. The molecular formula is C44H56. The molecule has 44 heavy (non-hydrogen) atoms. The summed E-state index contributed by atoms with van der Waals surface area (Å²) in [6.45, 7) is 0. The summed E-state index contributed by atoms with van der Waals surface area (Å²) in [5.41, 5.74) is 3.48. The Bertz CT molecular complexity index is 1260. The molecule has 0 aromatic heterocycles. The molecule has 0 spiro atoms. The molecule has 0 N–H and O–H groups in total. The van der Waals surface area contributed by atoms with E-state index in [-0.39, 0.29) is 0 Å². The van der Waals surface area contributed by atoms with Crippen molar-refractivity contribution in [3.63, 3.8) is 0 Å². The van der Waals surface area contributed by atoms with Crippen LogP contribution in [0.15, 0.2) is 60.7 Å². The van der Waals surface area contributed by atoms with E-state index in [0.29, 0.717) is 0 Å². The van der Waals surface area contributed by atoms with E-state index in [1.807, 2.05) is 0 Å². The fourth-order valence-corrected chi connectivity index (χ4v) is 17.3. The van der Waals surface area contributed by atoms with Gasteiger partial charge >= 0.3 is 0 Å². The van der Waals surface area contributed by atoms with Crippen LogP contribution in [0.1, 0.15) is 113 Å². The molecule has 0 saturated heterocycles. The van der Waals surface area contributed by atoms with Crippen molar-refractivity contribution >= 4 is 0 Å². The molecule has 0 radical (unpaired) electrons. The van der Waals surface area contributed by atoms with Gasteiger partial charge in [0.05, 0.1) is 0 Å². The standard InChI is InChI=1S/C44H56/c1-3-9-25(10-4-1)38-29-13-7-8-14-30(29)39(26-11-5-2-6-12-26)44-36-24-22-34-32-20-18-28-16-15-27-17-19-31(40(32)37(27)28)33-21-23-35(43(38)44)42(36)41(33)34/h1-6,9-12,27-44H,7-8,13-24H2. The van der Waals surface area contributed by atoms with Crippen LogP contribution >= 0.6 is 0 Å². The van der Waals surface area contributed by atoms with Gasteiger partial charge in [0.2, 0.25) is 0 Å². The molecule has 2 aromatic carbocycles. The highest BCUT2D eigenvalue weighted by Gasteiger charge is 2.70. The van der Waals surface area contributed by atoms with Gasteiger partial charge in [-0.2, -0.15) is 0 Å². The molecule has 0 heterocycles. The van der Waals surface area contributed by atoms with Crippen molar-refractivity contribution in [2.24, 2.45) is 94.7 Å². The molecule has 0 heteroatoms. The summed E-state index contributed by atoms with van der Waals surface area (Å²) < 4.78 is 0. The van der Waals surface area contributed by atoms with Gasteiger partial charge < -0.3 is 0 Å². The van der Waals surface area contributed by atoms with Crippen LogP contribution in [0, 0.1) is 94.7 Å². The maximum atomic E-state index is 2.58. The van der Waals surface area contributed by atoms with E-state index in [4.69, 9.17) is 0 Å². The van der Waals surface area contributed by atoms with Crippen LogP contribution in [0.5, 0.6) is 0 Å². The van der Waals surface area contributed by atoms with Crippen LogP contribution in [-0.2, 0) is 0 Å². The molecule has 0 bridgehead atoms. The molecule has 9 aliphatic rings. The molecule has 0 nitrogen and oxygen atoms in total. The van der Waals surface area contributed by atoms with E-state index in [9.17, 15) is 0 Å². The van der Waals surface area contributed by atoms with Crippen LogP contribution in [0.25, 0.3) is 0 Å². The predicted octanol–water partition coefficient (Wildman–Crippen LogP) is 11.0. The number of rotatable bonds is 2. The molecule has 11 rings (SSSR count). The minimum atomic E-state index is 0.817. The van der Waals surface area contributed by atoms with Gasteiger partial charge in [0.15, 0.2) is 0 Å². The zero-order valence-corrected chi connectivity index (χ0v) is 27.1. The highest BCUT2D eigenvalue weighted by molar-refractivity contribution is 5.32. The first kappa shape index (κ1) is 26.5. The van der Waals surface area contributed by atoms with E-state index in [1.165, 1.54) is 25.7 Å². The van der Waals surface area contributed by atoms with Crippen LogP contribution in [0.4, 0.5) is 0 Å². The molecule has 14 atom stereocenters. The Balaban J connectivity index is 1.05. The predicted molar refractivity (Wildman–Crippen MR) is 179 cm³/mol. The Morgan fingerprint density at radius 3 is 1.14 bits per heavy atom. The van der Waals surface area contributed by atoms with Gasteiger partial charge in [-0.05, 0) is 195 Å². The SMILES string of the molecule is c1ccc(C2C3CCCCC3C(c3ccccc3)C3C4CCC5C6CCC7CCC8CCC(C9CCC(C4C95)C23)C6C87)cc1. The summed E-state index contributed by atoms with van der Waals surface area (Å²) >= 11 is 0. The Kier molecular flexibility index (Phi) is 6.01. The fourth-order valence-electron chi connectivity index (χ4n) is 17.3. The van der Waals surface area contributed by atoms with Crippen molar-refractivity contribution in [2.75, 3.05) is 0 Å². The largest absolute Gasteiger partial charge is 0.0622 e. The Hall–Kier alpha value is -1.56. The Morgan fingerprint density at radius 2 is 0.659 bits per heavy atom. The maximum Gasteiger partial charge on any atom is -0.00967 e. The van der Waals surface area contributed by atoms with Gasteiger partial charge in [0.25, 0.3) is 0 Å². The van der Waals surface area contributed by atoms with Crippen molar-refractivity contribution < 1.29 is 0 Å². The highest BCUT2D eigenvalue weighted by atomic mass is 14.7. The van der Waals surface area contributed by atoms with Gasteiger partial charge in [0, 0.05) is 0 Å². The molecule has 9 aliphatic carbocycles. The van der Waals surface area contributed by atoms with Crippen molar-refractivity contribution in [3.05, 3.63) is 71.8 Å². The highest BCUT2D eigenvalue weighted by Crippen LogP contribution is 2.76. The van der Waals surface area contributed by atoms with E-state index >= 15 is 0 Å². The van der Waals surface area contributed by atoms with Gasteiger partial charge in [0.1, 0.15) is 0 Å². The van der Waals surface area contributed by atoms with Crippen LogP contribution in [0.2, 0.25) is 0 Å². The molecule has 2 aromatic rings. The molecule has 14 unspecified atom stereocenters. The normalized spacial score (nSPS) is 54.5. The summed E-state index contributed by atoms with van der Waals surface area (Å²) in [5.74, 6) is 18.4. The third kappa shape index (κ3) is 3.48. The number of hydrogen-bond donors (Lipinski definition) is 0. The second-order valence-electron chi connectivity index (χ2n) is 18.3. The second-order valence-corrected chi connectivity index (χ2v) is 18.3. The zero-order chi connectivity index (χ0) is 28.5. The van der Waals surface area contributed by atoms with Gasteiger partial charge in [-0.25, -0.2) is 0 Å². The zero-order valence-electron chi connectivity index (χ0n) is 27.1. The lowest BCUT2D eigenvalue weighted by molar-refractivity contribution is -0.169. The minimum absolute atomic E-state index is 0.817. The molecule has 9 saturated carbocycles. The molecular weight excluding hydrogens is 528 g/mol. The third-order valence-corrected chi connectivity index (χ3v) is 17.8. The van der Waals surface area contributed by atoms with Gasteiger partial charge in [-0.1, -0.05) is 73.5 Å². The first-order chi connectivity index (χ1) is 21.9. The average Bonchev–Trinajstić information content (AvgIpc) is 3.67. The van der Waals surface area contributed by atoms with Crippen LogP contribution in [0.3, 0.4) is 0 Å². The Labute approximate surface area is 267 Å². The lowest BCUT2D eigenvalue weighted by Crippen LogP contribution is -2.59. The van der Waals surface area contributed by atoms with Crippen molar-refractivity contribution in [1.82, 2.24) is 0 Å². The maximum absolute atomic E-state index is 2.58. The fraction of sp³-hybridized carbons (Fsp3) is 0.727. The summed E-state index contributed by atoms with van der Waals surface area (Å²) in [7, 11) is 0. The van der Waals surface area contributed by atoms with E-state index in [0.717, 1.165) is 107 Å². The van der Waals surface area contributed by atoms with Crippen molar-refractivity contribution in [1.29, 1.82) is 0 Å². The van der Waals surface area contributed by atoms with Gasteiger partial charge in [-0.15, -0.1) is 0 Å². The molecule has 9 fully saturated rings. The topological polar surface area (TPSA) is 0 Å². The van der Waals surface area contributed by atoms with E-state index in [1.54, 1.807) is 75.3 Å². The minimum Gasteiger partial charge on any atom is -0.0622 e. The van der Waals surface area contributed by atoms with Crippen molar-refractivity contribution in [2.45, 2.75) is 102 Å². The average molecular weight is 585 g/mol. The summed E-state index contributed by atoms with van der Waals surface area (Å²) in [4.78, 5) is 0. The van der Waals surface area contributed by atoms with E-state index in [2.05, 4.69) is 60.7 Å². The first-order valence-electron chi connectivity index (χ1n) is 20.0. The third-order valence-electron chi connectivity index (χ3n) is 17.8. The van der Waals surface area contributed by atoms with Crippen LogP contribution in [-0.4, -0.2) is 0 Å².